The molecule has 0 saturated carbocycles. The molecule has 3 rings (SSSR count). The lowest BCUT2D eigenvalue weighted by Crippen LogP contribution is -2.02. The SMILES string of the molecule is COc1cc(-c2nc(C)c(C)c(N)n2)cc2c1OCO2. The molecule has 0 fully saturated rings. The summed E-state index contributed by atoms with van der Waals surface area (Å²) in [4.78, 5) is 8.78. The largest absolute Gasteiger partial charge is 0.493 e. The Labute approximate surface area is 116 Å². The van der Waals surface area contributed by atoms with Crippen LogP contribution in [-0.4, -0.2) is 23.9 Å². The maximum absolute atomic E-state index is 5.90. The summed E-state index contributed by atoms with van der Waals surface area (Å²) in [7, 11) is 1.58. The molecule has 1 aromatic carbocycles. The first-order chi connectivity index (χ1) is 9.60. The van der Waals surface area contributed by atoms with Crippen molar-refractivity contribution in [1.29, 1.82) is 0 Å². The van der Waals surface area contributed by atoms with Crippen LogP contribution in [0.4, 0.5) is 5.82 Å². The highest BCUT2D eigenvalue weighted by Gasteiger charge is 2.21. The average molecular weight is 273 g/mol. The lowest BCUT2D eigenvalue weighted by Gasteiger charge is -2.10. The fourth-order valence-corrected chi connectivity index (χ4v) is 2.04. The number of aromatic nitrogens is 2. The minimum absolute atomic E-state index is 0.186. The normalized spacial score (nSPS) is 12.6. The predicted octanol–water partition coefficient (Wildman–Crippen LogP) is 2.08. The summed E-state index contributed by atoms with van der Waals surface area (Å²) in [5.74, 6) is 2.84. The standard InChI is InChI=1S/C14H15N3O3/c1-7-8(2)16-14(17-13(7)15)9-4-10(18-3)12-11(5-9)19-6-20-12/h4-5H,6H2,1-3H3,(H2,15,16,17). The van der Waals surface area contributed by atoms with Gasteiger partial charge in [-0.3, -0.25) is 0 Å². The number of nitrogens with zero attached hydrogens (tertiary/aromatic N) is 2. The summed E-state index contributed by atoms with van der Waals surface area (Å²) >= 11 is 0. The highest BCUT2D eigenvalue weighted by atomic mass is 16.7. The molecule has 0 spiro atoms. The molecule has 0 amide bonds. The van der Waals surface area contributed by atoms with Gasteiger partial charge < -0.3 is 19.9 Å². The van der Waals surface area contributed by atoms with Crippen LogP contribution >= 0.6 is 0 Å². The van der Waals surface area contributed by atoms with Crippen molar-refractivity contribution in [2.75, 3.05) is 19.6 Å². The molecule has 0 atom stereocenters. The summed E-state index contributed by atoms with van der Waals surface area (Å²) in [5, 5.41) is 0. The molecule has 2 heterocycles. The second-order valence-electron chi connectivity index (χ2n) is 4.56. The van der Waals surface area contributed by atoms with Crippen molar-refractivity contribution in [3.8, 4) is 28.6 Å². The van der Waals surface area contributed by atoms with Crippen LogP contribution in [0.2, 0.25) is 0 Å². The molecule has 20 heavy (non-hydrogen) atoms. The second-order valence-corrected chi connectivity index (χ2v) is 4.56. The number of anilines is 1. The summed E-state index contributed by atoms with van der Waals surface area (Å²) in [6.07, 6.45) is 0. The number of benzene rings is 1. The van der Waals surface area contributed by atoms with E-state index in [-0.39, 0.29) is 6.79 Å². The molecular weight excluding hydrogens is 258 g/mol. The van der Waals surface area contributed by atoms with Crippen molar-refractivity contribution >= 4 is 5.82 Å². The van der Waals surface area contributed by atoms with Crippen LogP contribution in [0.25, 0.3) is 11.4 Å². The Bertz CT molecular complexity index is 663. The molecular formula is C14H15N3O3. The molecule has 1 aromatic heterocycles. The number of hydrogen-bond acceptors (Lipinski definition) is 6. The van der Waals surface area contributed by atoms with Crippen molar-refractivity contribution in [3.63, 3.8) is 0 Å². The first-order valence-electron chi connectivity index (χ1n) is 6.19. The van der Waals surface area contributed by atoms with E-state index in [9.17, 15) is 0 Å². The zero-order chi connectivity index (χ0) is 14.3. The van der Waals surface area contributed by atoms with E-state index in [1.54, 1.807) is 7.11 Å². The molecule has 104 valence electrons. The predicted molar refractivity (Wildman–Crippen MR) is 74.0 cm³/mol. The third kappa shape index (κ3) is 1.89. The van der Waals surface area contributed by atoms with Crippen molar-refractivity contribution in [2.45, 2.75) is 13.8 Å². The summed E-state index contributed by atoms with van der Waals surface area (Å²) in [6, 6.07) is 3.64. The number of methoxy groups -OCH3 is 1. The number of rotatable bonds is 2. The van der Waals surface area contributed by atoms with Crippen LogP contribution in [0.3, 0.4) is 0 Å². The van der Waals surface area contributed by atoms with E-state index in [0.29, 0.717) is 28.9 Å². The second kappa shape index (κ2) is 4.56. The molecule has 2 N–H and O–H groups in total. The van der Waals surface area contributed by atoms with Crippen LogP contribution in [-0.2, 0) is 0 Å². The molecule has 6 heteroatoms. The molecule has 1 aliphatic rings. The Morgan fingerprint density at radius 3 is 2.70 bits per heavy atom. The lowest BCUT2D eigenvalue weighted by molar-refractivity contribution is 0.171. The third-order valence-corrected chi connectivity index (χ3v) is 3.34. The van der Waals surface area contributed by atoms with Crippen LogP contribution in [0.15, 0.2) is 12.1 Å². The van der Waals surface area contributed by atoms with Gasteiger partial charge in [-0.2, -0.15) is 0 Å². The van der Waals surface area contributed by atoms with E-state index in [1.807, 2.05) is 26.0 Å². The van der Waals surface area contributed by atoms with Crippen LogP contribution in [0.5, 0.6) is 17.2 Å². The van der Waals surface area contributed by atoms with Crippen molar-refractivity contribution in [1.82, 2.24) is 9.97 Å². The zero-order valence-corrected chi connectivity index (χ0v) is 11.6. The highest BCUT2D eigenvalue weighted by Crippen LogP contribution is 2.43. The minimum Gasteiger partial charge on any atom is -0.493 e. The minimum atomic E-state index is 0.186. The Morgan fingerprint density at radius 2 is 2.00 bits per heavy atom. The van der Waals surface area contributed by atoms with Crippen LogP contribution in [0, 0.1) is 13.8 Å². The van der Waals surface area contributed by atoms with Gasteiger partial charge in [-0.05, 0) is 26.0 Å². The first kappa shape index (κ1) is 12.5. The van der Waals surface area contributed by atoms with E-state index in [4.69, 9.17) is 19.9 Å². The van der Waals surface area contributed by atoms with E-state index >= 15 is 0 Å². The number of nitrogen functional groups attached to an aromatic ring is 1. The van der Waals surface area contributed by atoms with Crippen LogP contribution < -0.4 is 19.9 Å². The average Bonchev–Trinajstić information content (AvgIpc) is 2.91. The van der Waals surface area contributed by atoms with Gasteiger partial charge >= 0.3 is 0 Å². The van der Waals surface area contributed by atoms with Gasteiger partial charge in [0.05, 0.1) is 7.11 Å². The first-order valence-corrected chi connectivity index (χ1v) is 6.19. The number of hydrogen-bond donors (Lipinski definition) is 1. The number of aryl methyl sites for hydroxylation is 1. The molecule has 6 nitrogen and oxygen atoms in total. The number of ether oxygens (including phenoxy) is 3. The lowest BCUT2D eigenvalue weighted by atomic mass is 10.1. The maximum Gasteiger partial charge on any atom is 0.231 e. The topological polar surface area (TPSA) is 79.5 Å². The van der Waals surface area contributed by atoms with Gasteiger partial charge in [-0.1, -0.05) is 0 Å². The molecule has 2 aromatic rings. The van der Waals surface area contributed by atoms with Crippen molar-refractivity contribution in [3.05, 3.63) is 23.4 Å². The van der Waals surface area contributed by atoms with Gasteiger partial charge in [0.25, 0.3) is 0 Å². The Balaban J connectivity index is 2.16. The van der Waals surface area contributed by atoms with E-state index in [0.717, 1.165) is 16.8 Å². The number of fused-ring (bicyclic) bond motifs is 1. The van der Waals surface area contributed by atoms with Crippen molar-refractivity contribution in [2.24, 2.45) is 0 Å². The molecule has 0 bridgehead atoms. The van der Waals surface area contributed by atoms with Crippen molar-refractivity contribution < 1.29 is 14.2 Å². The van der Waals surface area contributed by atoms with E-state index < -0.39 is 0 Å². The van der Waals surface area contributed by atoms with Gasteiger partial charge in [-0.25, -0.2) is 9.97 Å². The van der Waals surface area contributed by atoms with Gasteiger partial charge in [0.1, 0.15) is 5.82 Å². The zero-order valence-electron chi connectivity index (χ0n) is 11.6. The van der Waals surface area contributed by atoms with Gasteiger partial charge in [-0.15, -0.1) is 0 Å². The summed E-state index contributed by atoms with van der Waals surface area (Å²) in [6.45, 7) is 3.99. The molecule has 0 radical (unpaired) electrons. The third-order valence-electron chi connectivity index (χ3n) is 3.34. The van der Waals surface area contributed by atoms with Crippen LogP contribution in [0.1, 0.15) is 11.3 Å². The quantitative estimate of drug-likeness (QED) is 0.902. The Kier molecular flexibility index (Phi) is 2.85. The smallest absolute Gasteiger partial charge is 0.231 e. The van der Waals surface area contributed by atoms with Gasteiger partial charge in [0.15, 0.2) is 17.3 Å². The Hall–Kier alpha value is -2.50. The summed E-state index contributed by atoms with van der Waals surface area (Å²) in [5.41, 5.74) is 8.42. The monoisotopic (exact) mass is 273 g/mol. The highest BCUT2D eigenvalue weighted by molar-refractivity contribution is 5.68. The molecule has 1 aliphatic heterocycles. The van der Waals surface area contributed by atoms with E-state index in [1.165, 1.54) is 0 Å². The van der Waals surface area contributed by atoms with Gasteiger partial charge in [0.2, 0.25) is 12.5 Å². The fourth-order valence-electron chi connectivity index (χ4n) is 2.04. The molecule has 0 unspecified atom stereocenters. The maximum atomic E-state index is 5.90. The van der Waals surface area contributed by atoms with E-state index in [2.05, 4.69) is 9.97 Å². The Morgan fingerprint density at radius 1 is 1.20 bits per heavy atom. The molecule has 0 aliphatic carbocycles. The molecule has 0 saturated heterocycles. The summed E-state index contributed by atoms with van der Waals surface area (Å²) < 4.78 is 16.1. The number of nitrogens with two attached hydrogens (primary N) is 1. The fraction of sp³-hybridized carbons (Fsp3) is 0.286. The van der Waals surface area contributed by atoms with Gasteiger partial charge in [0, 0.05) is 16.8 Å².